The van der Waals surface area contributed by atoms with Gasteiger partial charge >= 0.3 is 5.97 Å². The number of thiophene rings is 1. The van der Waals surface area contributed by atoms with Gasteiger partial charge in [0.2, 0.25) is 0 Å². The quantitative estimate of drug-likeness (QED) is 0.594. The molecule has 0 aliphatic carbocycles. The Kier molecular flexibility index (Phi) is 3.93. The van der Waals surface area contributed by atoms with E-state index in [0.29, 0.717) is 32.9 Å². The van der Waals surface area contributed by atoms with Crippen LogP contribution >= 0.6 is 11.3 Å². The number of rotatable bonds is 4. The topological polar surface area (TPSA) is 85.3 Å². The van der Waals surface area contributed by atoms with Gasteiger partial charge in [0.25, 0.3) is 5.56 Å². The fourth-order valence-corrected chi connectivity index (χ4v) is 3.84. The largest absolute Gasteiger partial charge is 0.480 e. The molecule has 1 aromatic carbocycles. The van der Waals surface area contributed by atoms with E-state index >= 15 is 0 Å². The van der Waals surface area contributed by atoms with E-state index in [-0.39, 0.29) is 5.56 Å². The first kappa shape index (κ1) is 16.3. The Morgan fingerprint density at radius 2 is 2.15 bits per heavy atom. The van der Waals surface area contributed by atoms with Crippen LogP contribution in [0.2, 0.25) is 0 Å². The molecule has 7 heteroatoms. The lowest BCUT2D eigenvalue weighted by molar-refractivity contribution is -0.137. The molecule has 0 bridgehead atoms. The standard InChI is InChI=1S/C19H14N2O4S/c1-11-4-2-5-12(8-11)17-20-18-16(19(24)21(17)9-15(22)23)13(10-26-18)14-6-3-7-25-14/h2-8,10H,9H2,1H3,(H,22,23). The molecule has 3 aromatic heterocycles. The molecule has 0 unspecified atom stereocenters. The number of hydrogen-bond donors (Lipinski definition) is 1. The fourth-order valence-electron chi connectivity index (χ4n) is 2.92. The van der Waals surface area contributed by atoms with E-state index in [0.717, 1.165) is 5.56 Å². The number of hydrogen-bond acceptors (Lipinski definition) is 5. The van der Waals surface area contributed by atoms with Crippen molar-refractivity contribution in [2.24, 2.45) is 0 Å². The average Bonchev–Trinajstić information content (AvgIpc) is 3.26. The molecule has 26 heavy (non-hydrogen) atoms. The fraction of sp³-hybridized carbons (Fsp3) is 0.105. The Labute approximate surface area is 152 Å². The number of carboxylic acids is 1. The Hall–Kier alpha value is -3.19. The van der Waals surface area contributed by atoms with Crippen LogP contribution in [0.5, 0.6) is 0 Å². The molecule has 130 valence electrons. The number of aliphatic carboxylic acids is 1. The number of carbonyl (C=O) groups is 1. The van der Waals surface area contributed by atoms with Gasteiger partial charge < -0.3 is 9.52 Å². The van der Waals surface area contributed by atoms with Crippen LogP contribution in [-0.2, 0) is 11.3 Å². The third-order valence-corrected chi connectivity index (χ3v) is 4.92. The molecule has 0 saturated carbocycles. The Morgan fingerprint density at radius 1 is 1.31 bits per heavy atom. The highest BCUT2D eigenvalue weighted by Gasteiger charge is 2.20. The summed E-state index contributed by atoms with van der Waals surface area (Å²) >= 11 is 1.34. The lowest BCUT2D eigenvalue weighted by Gasteiger charge is -2.11. The van der Waals surface area contributed by atoms with Crippen molar-refractivity contribution in [1.29, 1.82) is 0 Å². The molecule has 4 rings (SSSR count). The maximum atomic E-state index is 13.1. The van der Waals surface area contributed by atoms with E-state index in [2.05, 4.69) is 4.98 Å². The first-order valence-electron chi connectivity index (χ1n) is 7.89. The highest BCUT2D eigenvalue weighted by Crippen LogP contribution is 2.32. The minimum atomic E-state index is -1.10. The molecule has 0 spiro atoms. The lowest BCUT2D eigenvalue weighted by atomic mass is 10.1. The molecule has 4 aromatic rings. The van der Waals surface area contributed by atoms with Crippen molar-refractivity contribution in [2.75, 3.05) is 0 Å². The van der Waals surface area contributed by atoms with E-state index < -0.39 is 12.5 Å². The number of aromatic nitrogens is 2. The predicted molar refractivity (Wildman–Crippen MR) is 99.4 cm³/mol. The van der Waals surface area contributed by atoms with Gasteiger partial charge in [-0.2, -0.15) is 0 Å². The van der Waals surface area contributed by atoms with Crippen molar-refractivity contribution in [3.63, 3.8) is 0 Å². The van der Waals surface area contributed by atoms with Crippen molar-refractivity contribution in [2.45, 2.75) is 13.5 Å². The van der Waals surface area contributed by atoms with Crippen molar-refractivity contribution in [1.82, 2.24) is 9.55 Å². The number of benzene rings is 1. The summed E-state index contributed by atoms with van der Waals surface area (Å²) < 4.78 is 6.61. The Balaban J connectivity index is 2.04. The van der Waals surface area contributed by atoms with Crippen LogP contribution < -0.4 is 5.56 Å². The Bertz CT molecular complexity index is 1170. The summed E-state index contributed by atoms with van der Waals surface area (Å²) in [5, 5.41) is 11.5. The molecule has 0 aliphatic rings. The van der Waals surface area contributed by atoms with Crippen molar-refractivity contribution in [3.8, 4) is 22.7 Å². The van der Waals surface area contributed by atoms with Gasteiger partial charge in [0.1, 0.15) is 23.0 Å². The minimum absolute atomic E-state index is 0.349. The zero-order chi connectivity index (χ0) is 18.3. The normalized spacial score (nSPS) is 11.1. The third kappa shape index (κ3) is 2.72. The zero-order valence-electron chi connectivity index (χ0n) is 13.8. The number of furan rings is 1. The molecule has 0 saturated heterocycles. The molecule has 3 heterocycles. The van der Waals surface area contributed by atoms with Crippen LogP contribution in [0.3, 0.4) is 0 Å². The van der Waals surface area contributed by atoms with Gasteiger partial charge in [-0.3, -0.25) is 14.2 Å². The second-order valence-corrected chi connectivity index (χ2v) is 6.75. The molecule has 0 fully saturated rings. The maximum absolute atomic E-state index is 13.1. The predicted octanol–water partition coefficient (Wildman–Crippen LogP) is 3.78. The second kappa shape index (κ2) is 6.27. The molecule has 6 nitrogen and oxygen atoms in total. The van der Waals surface area contributed by atoms with Crippen LogP contribution in [0.25, 0.3) is 32.9 Å². The van der Waals surface area contributed by atoms with E-state index in [9.17, 15) is 14.7 Å². The number of fused-ring (bicyclic) bond motifs is 1. The highest BCUT2D eigenvalue weighted by atomic mass is 32.1. The molecule has 0 amide bonds. The monoisotopic (exact) mass is 366 g/mol. The van der Waals surface area contributed by atoms with E-state index in [1.165, 1.54) is 22.2 Å². The summed E-state index contributed by atoms with van der Waals surface area (Å²) in [5.74, 6) is -0.196. The Morgan fingerprint density at radius 3 is 2.85 bits per heavy atom. The van der Waals surface area contributed by atoms with Gasteiger partial charge in [-0.15, -0.1) is 11.3 Å². The number of nitrogens with zero attached hydrogens (tertiary/aromatic N) is 2. The number of carboxylic acid groups (broad SMARTS) is 1. The van der Waals surface area contributed by atoms with Gasteiger partial charge in [0.15, 0.2) is 0 Å². The van der Waals surface area contributed by atoms with E-state index in [4.69, 9.17) is 4.42 Å². The average molecular weight is 366 g/mol. The maximum Gasteiger partial charge on any atom is 0.323 e. The lowest BCUT2D eigenvalue weighted by Crippen LogP contribution is -2.26. The van der Waals surface area contributed by atoms with Crippen LogP contribution in [0.4, 0.5) is 0 Å². The summed E-state index contributed by atoms with van der Waals surface area (Å²) in [5.41, 5.74) is 1.95. The molecule has 0 atom stereocenters. The summed E-state index contributed by atoms with van der Waals surface area (Å²) in [7, 11) is 0. The minimum Gasteiger partial charge on any atom is -0.480 e. The van der Waals surface area contributed by atoms with Crippen LogP contribution in [0, 0.1) is 6.92 Å². The van der Waals surface area contributed by atoms with Crippen molar-refractivity contribution >= 4 is 27.5 Å². The van der Waals surface area contributed by atoms with Gasteiger partial charge in [-0.25, -0.2) is 4.98 Å². The molecule has 1 N–H and O–H groups in total. The van der Waals surface area contributed by atoms with Gasteiger partial charge in [0.05, 0.1) is 11.6 Å². The first-order valence-corrected chi connectivity index (χ1v) is 8.77. The van der Waals surface area contributed by atoms with Gasteiger partial charge in [-0.1, -0.05) is 23.8 Å². The molecule has 0 radical (unpaired) electrons. The van der Waals surface area contributed by atoms with E-state index in [1.54, 1.807) is 12.1 Å². The molecular weight excluding hydrogens is 352 g/mol. The number of aryl methyl sites for hydroxylation is 1. The summed E-state index contributed by atoms with van der Waals surface area (Å²) in [6.45, 7) is 1.47. The zero-order valence-corrected chi connectivity index (χ0v) is 14.6. The SMILES string of the molecule is Cc1cccc(-c2nc3scc(-c4ccco4)c3c(=O)n2CC(=O)O)c1. The first-order chi connectivity index (χ1) is 12.5. The summed E-state index contributed by atoms with van der Waals surface area (Å²) in [6.07, 6.45) is 1.53. The van der Waals surface area contributed by atoms with Crippen LogP contribution in [0.1, 0.15) is 5.56 Å². The van der Waals surface area contributed by atoms with Crippen molar-refractivity contribution in [3.05, 3.63) is 64.0 Å². The van der Waals surface area contributed by atoms with E-state index in [1.807, 2.05) is 36.6 Å². The summed E-state index contributed by atoms with van der Waals surface area (Å²) in [6, 6.07) is 11.0. The van der Waals surface area contributed by atoms with Crippen molar-refractivity contribution < 1.29 is 14.3 Å². The molecule has 0 aliphatic heterocycles. The summed E-state index contributed by atoms with van der Waals surface area (Å²) in [4.78, 5) is 29.7. The van der Waals surface area contributed by atoms with Gasteiger partial charge in [-0.05, 0) is 25.1 Å². The molecular formula is C19H14N2O4S. The van der Waals surface area contributed by atoms with Crippen LogP contribution in [-0.4, -0.2) is 20.6 Å². The highest BCUT2D eigenvalue weighted by molar-refractivity contribution is 7.17. The van der Waals surface area contributed by atoms with Gasteiger partial charge in [0, 0.05) is 16.5 Å². The third-order valence-electron chi connectivity index (χ3n) is 4.05. The smallest absolute Gasteiger partial charge is 0.323 e. The van der Waals surface area contributed by atoms with Crippen LogP contribution in [0.15, 0.2) is 57.3 Å². The second-order valence-electron chi connectivity index (χ2n) is 5.90.